The van der Waals surface area contributed by atoms with Crippen molar-refractivity contribution >= 4 is 32.6 Å². The van der Waals surface area contributed by atoms with Crippen LogP contribution >= 0.6 is 0 Å². The van der Waals surface area contributed by atoms with Gasteiger partial charge in [0, 0.05) is 38.6 Å². The molecule has 3 heterocycles. The molecule has 3 aromatic heterocycles. The summed E-state index contributed by atoms with van der Waals surface area (Å²) in [6, 6.07) is 85.2. The van der Waals surface area contributed by atoms with Gasteiger partial charge in [0.25, 0.3) is 0 Å². The molecular formula is C62H40N4. The van der Waals surface area contributed by atoms with Gasteiger partial charge in [-0.1, -0.05) is 212 Å². The highest BCUT2D eigenvalue weighted by Crippen LogP contribution is 2.38. The van der Waals surface area contributed by atoms with Crippen LogP contribution in [0.15, 0.2) is 243 Å². The van der Waals surface area contributed by atoms with E-state index in [1.165, 1.54) is 11.1 Å². The summed E-state index contributed by atoms with van der Waals surface area (Å²) in [7, 11) is 0. The van der Waals surface area contributed by atoms with Gasteiger partial charge in [0.05, 0.1) is 33.8 Å². The first-order valence-electron chi connectivity index (χ1n) is 22.3. The van der Waals surface area contributed by atoms with Gasteiger partial charge in [-0.05, 0) is 74.5 Å². The molecule has 12 aromatic rings. The maximum Gasteiger partial charge on any atom is 0.161 e. The first-order valence-corrected chi connectivity index (χ1v) is 22.3. The van der Waals surface area contributed by atoms with Crippen molar-refractivity contribution < 1.29 is 0 Å². The molecule has 0 unspecified atom stereocenters. The lowest BCUT2D eigenvalue weighted by atomic mass is 9.93. The minimum absolute atomic E-state index is 0.676. The first kappa shape index (κ1) is 38.8. The van der Waals surface area contributed by atoms with Crippen LogP contribution in [0.1, 0.15) is 0 Å². The van der Waals surface area contributed by atoms with E-state index in [9.17, 15) is 0 Å². The minimum atomic E-state index is 0.676. The number of pyridine rings is 2. The van der Waals surface area contributed by atoms with Crippen molar-refractivity contribution in [2.45, 2.75) is 0 Å². The van der Waals surface area contributed by atoms with Gasteiger partial charge >= 0.3 is 0 Å². The van der Waals surface area contributed by atoms with Gasteiger partial charge in [0.15, 0.2) is 5.82 Å². The van der Waals surface area contributed by atoms with Crippen molar-refractivity contribution in [3.63, 3.8) is 0 Å². The fraction of sp³-hybridized carbons (Fsp3) is 0. The van der Waals surface area contributed by atoms with E-state index >= 15 is 0 Å². The van der Waals surface area contributed by atoms with Gasteiger partial charge in [-0.2, -0.15) is 0 Å². The summed E-state index contributed by atoms with van der Waals surface area (Å²) in [6.07, 6.45) is 0. The van der Waals surface area contributed by atoms with Crippen molar-refractivity contribution in [2.24, 2.45) is 0 Å². The average molecular weight is 841 g/mol. The summed E-state index contributed by atoms with van der Waals surface area (Å²) in [5.41, 5.74) is 17.4. The highest BCUT2D eigenvalue weighted by atomic mass is 14.9. The van der Waals surface area contributed by atoms with E-state index in [0.717, 1.165) is 105 Å². The van der Waals surface area contributed by atoms with Crippen molar-refractivity contribution in [3.05, 3.63) is 243 Å². The molecule has 308 valence electrons. The molecule has 0 aliphatic rings. The lowest BCUT2D eigenvalue weighted by Gasteiger charge is -2.14. The second-order valence-corrected chi connectivity index (χ2v) is 16.6. The smallest absolute Gasteiger partial charge is 0.161 e. The van der Waals surface area contributed by atoms with Crippen LogP contribution < -0.4 is 0 Å². The molecule has 0 spiro atoms. The quantitative estimate of drug-likeness (QED) is 0.143. The summed E-state index contributed by atoms with van der Waals surface area (Å²) < 4.78 is 0. The Morgan fingerprint density at radius 1 is 0.212 bits per heavy atom. The maximum absolute atomic E-state index is 5.32. The number of hydrogen-bond donors (Lipinski definition) is 0. The molecule has 4 heteroatoms. The molecular weight excluding hydrogens is 801 g/mol. The zero-order chi connectivity index (χ0) is 43.8. The molecule has 66 heavy (non-hydrogen) atoms. The summed E-state index contributed by atoms with van der Waals surface area (Å²) in [6.45, 7) is 0. The van der Waals surface area contributed by atoms with Crippen LogP contribution in [0.3, 0.4) is 0 Å². The Bertz CT molecular complexity index is 3620. The van der Waals surface area contributed by atoms with Crippen molar-refractivity contribution in [3.8, 4) is 89.8 Å². The molecule has 0 N–H and O–H groups in total. The van der Waals surface area contributed by atoms with E-state index in [0.29, 0.717) is 5.82 Å². The van der Waals surface area contributed by atoms with Gasteiger partial charge in [0.2, 0.25) is 0 Å². The van der Waals surface area contributed by atoms with Gasteiger partial charge in [0.1, 0.15) is 0 Å². The second-order valence-electron chi connectivity index (χ2n) is 16.6. The minimum Gasteiger partial charge on any atom is -0.245 e. The summed E-state index contributed by atoms with van der Waals surface area (Å²) in [5.74, 6) is 0.676. The van der Waals surface area contributed by atoms with Crippen molar-refractivity contribution in [2.75, 3.05) is 0 Å². The lowest BCUT2D eigenvalue weighted by molar-refractivity contribution is 1.19. The predicted octanol–water partition coefficient (Wildman–Crippen LogP) is 16.1. The Kier molecular flexibility index (Phi) is 9.81. The number of hydrogen-bond acceptors (Lipinski definition) is 4. The Labute approximate surface area is 383 Å². The molecule has 0 radical (unpaired) electrons. The highest BCUT2D eigenvalue weighted by molar-refractivity contribution is 6.06. The fourth-order valence-electron chi connectivity index (χ4n) is 9.08. The van der Waals surface area contributed by atoms with Crippen LogP contribution in [0.4, 0.5) is 0 Å². The van der Waals surface area contributed by atoms with Gasteiger partial charge < -0.3 is 0 Å². The van der Waals surface area contributed by atoms with Crippen molar-refractivity contribution in [1.29, 1.82) is 0 Å². The number of nitrogens with zero attached hydrogens (tertiary/aromatic N) is 4. The Morgan fingerprint density at radius 2 is 0.591 bits per heavy atom. The fourth-order valence-corrected chi connectivity index (χ4v) is 9.08. The molecule has 0 fully saturated rings. The summed E-state index contributed by atoms with van der Waals surface area (Å²) in [5, 5.41) is 4.33. The largest absolute Gasteiger partial charge is 0.245 e. The van der Waals surface area contributed by atoms with E-state index in [-0.39, 0.29) is 0 Å². The van der Waals surface area contributed by atoms with Gasteiger partial charge in [-0.25, -0.2) is 19.9 Å². The molecule has 0 atom stereocenters. The van der Waals surface area contributed by atoms with Crippen LogP contribution in [-0.4, -0.2) is 19.9 Å². The number of fused-ring (bicyclic) bond motifs is 4. The standard InChI is InChI=1S/C62H40N4/c1-4-13-41(14-5-1)43-23-27-46(28-24-43)58-40-59(47-29-25-44(26-30-47)42-15-6-2-7-16-42)66-62(65-58)55-36-35-52(53-21-10-11-22-54(53)55)50-19-12-20-51(39-50)57-38-34-49-32-31-48-33-37-56(45-17-8-3-9-18-45)63-60(48)61(49)64-57/h1-40H. The van der Waals surface area contributed by atoms with E-state index in [1.54, 1.807) is 0 Å². The molecule has 9 aromatic carbocycles. The van der Waals surface area contributed by atoms with Crippen LogP contribution in [-0.2, 0) is 0 Å². The van der Waals surface area contributed by atoms with Gasteiger partial charge in [-0.3, -0.25) is 0 Å². The molecule has 0 saturated carbocycles. The molecule has 12 rings (SSSR count). The molecule has 0 aliphatic carbocycles. The van der Waals surface area contributed by atoms with Crippen LogP contribution in [0, 0.1) is 0 Å². The summed E-state index contributed by atoms with van der Waals surface area (Å²) >= 11 is 0. The number of rotatable bonds is 8. The normalized spacial score (nSPS) is 11.3. The second kappa shape index (κ2) is 16.7. The third-order valence-corrected chi connectivity index (χ3v) is 12.5. The monoisotopic (exact) mass is 840 g/mol. The third kappa shape index (κ3) is 7.36. The SMILES string of the molecule is c1ccc(-c2ccc(-c3cc(-c4ccc(-c5ccccc5)cc4)nc(-c4ccc(-c5cccc(-c6ccc7ccc8ccc(-c9ccccc9)nc8c7n6)c5)c5ccccc45)n3)cc2)cc1. The molecule has 4 nitrogen and oxygen atoms in total. The van der Waals surface area contributed by atoms with E-state index in [4.69, 9.17) is 19.9 Å². The summed E-state index contributed by atoms with van der Waals surface area (Å²) in [4.78, 5) is 21.1. The Morgan fingerprint density at radius 3 is 1.14 bits per heavy atom. The molecule has 0 amide bonds. The predicted molar refractivity (Wildman–Crippen MR) is 274 cm³/mol. The van der Waals surface area contributed by atoms with E-state index in [2.05, 4.69) is 212 Å². The third-order valence-electron chi connectivity index (χ3n) is 12.5. The Hall–Kier alpha value is -8.86. The highest BCUT2D eigenvalue weighted by Gasteiger charge is 2.17. The zero-order valence-corrected chi connectivity index (χ0v) is 35.9. The number of aromatic nitrogens is 4. The van der Waals surface area contributed by atoms with Crippen LogP contribution in [0.5, 0.6) is 0 Å². The molecule has 0 bridgehead atoms. The Balaban J connectivity index is 0.946. The first-order chi connectivity index (χ1) is 32.7. The lowest BCUT2D eigenvalue weighted by Crippen LogP contribution is -1.97. The zero-order valence-electron chi connectivity index (χ0n) is 35.9. The van der Waals surface area contributed by atoms with Crippen LogP contribution in [0.2, 0.25) is 0 Å². The topological polar surface area (TPSA) is 51.6 Å². The van der Waals surface area contributed by atoms with Crippen molar-refractivity contribution in [1.82, 2.24) is 19.9 Å². The van der Waals surface area contributed by atoms with Crippen LogP contribution in [0.25, 0.3) is 122 Å². The molecule has 0 aliphatic heterocycles. The average Bonchev–Trinajstić information content (AvgIpc) is 3.41. The molecule has 0 saturated heterocycles. The van der Waals surface area contributed by atoms with E-state index < -0.39 is 0 Å². The van der Waals surface area contributed by atoms with E-state index in [1.807, 2.05) is 30.3 Å². The maximum atomic E-state index is 5.32. The number of benzene rings is 9. The van der Waals surface area contributed by atoms with Gasteiger partial charge in [-0.15, -0.1) is 0 Å².